The minimum Gasteiger partial charge on any atom is -0.496 e. The summed E-state index contributed by atoms with van der Waals surface area (Å²) in [6.07, 6.45) is 2.00. The molecule has 0 saturated heterocycles. The van der Waals surface area contributed by atoms with E-state index in [0.717, 1.165) is 5.56 Å². The number of carbonyl (C=O) groups is 1. The van der Waals surface area contributed by atoms with Crippen LogP contribution in [0.5, 0.6) is 5.75 Å². The Morgan fingerprint density at radius 2 is 1.82 bits per heavy atom. The number of methoxy groups -OCH3 is 1. The first-order valence-corrected chi connectivity index (χ1v) is 8.88. The molecule has 0 fully saturated rings. The molecule has 2 N–H and O–H groups in total. The quantitative estimate of drug-likeness (QED) is 0.628. The van der Waals surface area contributed by atoms with Gasteiger partial charge in [0.25, 0.3) is 5.91 Å². The molecule has 1 amide bonds. The van der Waals surface area contributed by atoms with E-state index < -0.39 is 0 Å². The van der Waals surface area contributed by atoms with Crippen LogP contribution in [0.2, 0.25) is 0 Å². The van der Waals surface area contributed by atoms with E-state index in [2.05, 4.69) is 20.6 Å². The summed E-state index contributed by atoms with van der Waals surface area (Å²) in [6.45, 7) is 0.774. The highest BCUT2D eigenvalue weighted by atomic mass is 19.1. The van der Waals surface area contributed by atoms with E-state index >= 15 is 0 Å². The van der Waals surface area contributed by atoms with Crippen LogP contribution in [0.3, 0.4) is 0 Å². The first-order valence-electron chi connectivity index (χ1n) is 8.88. The van der Waals surface area contributed by atoms with Gasteiger partial charge >= 0.3 is 0 Å². The number of amides is 1. The molecule has 0 aliphatic rings. The van der Waals surface area contributed by atoms with Crippen LogP contribution < -0.4 is 15.4 Å². The first-order chi connectivity index (χ1) is 13.7. The van der Waals surface area contributed by atoms with Crippen LogP contribution in [0, 0.1) is 5.82 Å². The maximum Gasteiger partial charge on any atom is 0.270 e. The monoisotopic (exact) mass is 380 g/mol. The van der Waals surface area contributed by atoms with Gasteiger partial charge in [0, 0.05) is 24.8 Å². The number of nitrogens with one attached hydrogen (secondary N) is 2. The molecule has 7 heteroatoms. The number of para-hydroxylation sites is 1. The summed E-state index contributed by atoms with van der Waals surface area (Å²) in [4.78, 5) is 20.7. The van der Waals surface area contributed by atoms with Crippen LogP contribution in [0.1, 0.15) is 21.6 Å². The standard InChI is InChI=1S/C21H21FN4O2/c1-28-19-9-5-3-7-16(19)14-25-20(27)18-11-13-24-21(26-18)23-12-10-15-6-2-4-8-17(15)22/h2-9,11,13H,10,12,14H2,1H3,(H,25,27)(H,23,24,26). The Balaban J connectivity index is 1.56. The highest BCUT2D eigenvalue weighted by Gasteiger charge is 2.10. The van der Waals surface area contributed by atoms with Gasteiger partial charge in [0.1, 0.15) is 17.3 Å². The average molecular weight is 380 g/mol. The zero-order chi connectivity index (χ0) is 19.8. The van der Waals surface area contributed by atoms with Crippen molar-refractivity contribution in [3.63, 3.8) is 0 Å². The Bertz CT molecular complexity index is 949. The summed E-state index contributed by atoms with van der Waals surface area (Å²) in [5, 5.41) is 5.84. The number of hydrogen-bond donors (Lipinski definition) is 2. The molecule has 0 aliphatic heterocycles. The fourth-order valence-corrected chi connectivity index (χ4v) is 2.70. The van der Waals surface area contributed by atoms with Gasteiger partial charge in [-0.15, -0.1) is 0 Å². The zero-order valence-electron chi connectivity index (χ0n) is 15.5. The molecular formula is C21H21FN4O2. The van der Waals surface area contributed by atoms with Gasteiger partial charge in [0.2, 0.25) is 5.95 Å². The maximum absolute atomic E-state index is 13.6. The molecule has 3 aromatic rings. The van der Waals surface area contributed by atoms with Gasteiger partial charge in [-0.3, -0.25) is 4.79 Å². The molecule has 3 rings (SSSR count). The Labute approximate surface area is 162 Å². The molecule has 2 aromatic carbocycles. The summed E-state index contributed by atoms with van der Waals surface area (Å²) < 4.78 is 18.9. The lowest BCUT2D eigenvalue weighted by Crippen LogP contribution is -2.24. The minimum atomic E-state index is -0.314. The van der Waals surface area contributed by atoms with E-state index in [0.29, 0.717) is 36.8 Å². The second kappa shape index (κ2) is 9.45. The van der Waals surface area contributed by atoms with Crippen molar-refractivity contribution in [1.82, 2.24) is 15.3 Å². The Morgan fingerprint density at radius 3 is 2.61 bits per heavy atom. The molecule has 0 radical (unpaired) electrons. The van der Waals surface area contributed by atoms with Gasteiger partial charge in [0.05, 0.1) is 7.11 Å². The topological polar surface area (TPSA) is 76.1 Å². The lowest BCUT2D eigenvalue weighted by atomic mass is 10.1. The molecule has 0 bridgehead atoms. The van der Waals surface area contributed by atoms with Gasteiger partial charge in [-0.2, -0.15) is 0 Å². The number of aromatic nitrogens is 2. The van der Waals surface area contributed by atoms with Crippen molar-refractivity contribution in [3.8, 4) is 5.75 Å². The van der Waals surface area contributed by atoms with Gasteiger partial charge in [-0.05, 0) is 30.2 Å². The van der Waals surface area contributed by atoms with Crippen molar-refractivity contribution in [2.75, 3.05) is 19.0 Å². The second-order valence-corrected chi connectivity index (χ2v) is 6.03. The van der Waals surface area contributed by atoms with Crippen molar-refractivity contribution >= 4 is 11.9 Å². The van der Waals surface area contributed by atoms with Gasteiger partial charge in [0.15, 0.2) is 0 Å². The van der Waals surface area contributed by atoms with Crippen molar-refractivity contribution < 1.29 is 13.9 Å². The summed E-state index contributed by atoms with van der Waals surface area (Å²) in [6, 6.07) is 15.6. The SMILES string of the molecule is COc1ccccc1CNC(=O)c1ccnc(NCCc2ccccc2F)n1. The minimum absolute atomic E-state index is 0.241. The van der Waals surface area contributed by atoms with Crippen molar-refractivity contribution in [2.45, 2.75) is 13.0 Å². The summed E-state index contributed by atoms with van der Waals surface area (Å²) >= 11 is 0. The van der Waals surface area contributed by atoms with E-state index in [-0.39, 0.29) is 17.4 Å². The van der Waals surface area contributed by atoms with Crippen LogP contribution in [0.15, 0.2) is 60.8 Å². The van der Waals surface area contributed by atoms with Crippen molar-refractivity contribution in [1.29, 1.82) is 0 Å². The normalized spacial score (nSPS) is 10.4. The number of hydrogen-bond acceptors (Lipinski definition) is 5. The lowest BCUT2D eigenvalue weighted by Gasteiger charge is -2.10. The predicted octanol–water partition coefficient (Wildman–Crippen LogP) is 3.21. The molecular weight excluding hydrogens is 359 g/mol. The zero-order valence-corrected chi connectivity index (χ0v) is 15.5. The Kier molecular flexibility index (Phi) is 6.51. The van der Waals surface area contributed by atoms with Crippen molar-refractivity contribution in [3.05, 3.63) is 83.4 Å². The first kappa shape index (κ1) is 19.3. The predicted molar refractivity (Wildman–Crippen MR) is 105 cm³/mol. The molecule has 0 aliphatic carbocycles. The van der Waals surface area contributed by atoms with E-state index in [1.54, 1.807) is 31.4 Å². The third-order valence-electron chi connectivity index (χ3n) is 4.16. The number of ether oxygens (including phenoxy) is 1. The van der Waals surface area contributed by atoms with Crippen LogP contribution in [-0.2, 0) is 13.0 Å². The molecule has 28 heavy (non-hydrogen) atoms. The molecule has 0 spiro atoms. The number of rotatable bonds is 8. The second-order valence-electron chi connectivity index (χ2n) is 6.03. The van der Waals surface area contributed by atoms with Gasteiger partial charge < -0.3 is 15.4 Å². The van der Waals surface area contributed by atoms with Crippen LogP contribution in [-0.4, -0.2) is 29.5 Å². The molecule has 144 valence electrons. The molecule has 0 atom stereocenters. The highest BCUT2D eigenvalue weighted by Crippen LogP contribution is 2.16. The summed E-state index contributed by atoms with van der Waals surface area (Å²) in [5.41, 5.74) is 1.73. The number of nitrogens with zero attached hydrogens (tertiary/aromatic N) is 2. The number of carbonyl (C=O) groups excluding carboxylic acids is 1. The van der Waals surface area contributed by atoms with E-state index in [1.165, 1.54) is 12.3 Å². The molecule has 0 unspecified atom stereocenters. The lowest BCUT2D eigenvalue weighted by molar-refractivity contribution is 0.0945. The molecule has 1 heterocycles. The summed E-state index contributed by atoms with van der Waals surface area (Å²) in [7, 11) is 1.59. The molecule has 6 nitrogen and oxygen atoms in total. The smallest absolute Gasteiger partial charge is 0.270 e. The molecule has 1 aromatic heterocycles. The van der Waals surface area contributed by atoms with Gasteiger partial charge in [-0.25, -0.2) is 14.4 Å². The van der Waals surface area contributed by atoms with Crippen molar-refractivity contribution in [2.24, 2.45) is 0 Å². The van der Waals surface area contributed by atoms with Crippen LogP contribution in [0.25, 0.3) is 0 Å². The Hall–Kier alpha value is -3.48. The number of benzene rings is 2. The summed E-state index contributed by atoms with van der Waals surface area (Å²) in [5.74, 6) is 0.474. The third kappa shape index (κ3) is 5.03. The largest absolute Gasteiger partial charge is 0.496 e. The number of anilines is 1. The van der Waals surface area contributed by atoms with E-state index in [1.807, 2.05) is 24.3 Å². The highest BCUT2D eigenvalue weighted by molar-refractivity contribution is 5.92. The maximum atomic E-state index is 13.6. The fourth-order valence-electron chi connectivity index (χ4n) is 2.70. The molecule has 0 saturated carbocycles. The van der Waals surface area contributed by atoms with E-state index in [4.69, 9.17) is 4.74 Å². The third-order valence-corrected chi connectivity index (χ3v) is 4.16. The van der Waals surface area contributed by atoms with Crippen LogP contribution in [0.4, 0.5) is 10.3 Å². The number of halogens is 1. The van der Waals surface area contributed by atoms with E-state index in [9.17, 15) is 9.18 Å². The van der Waals surface area contributed by atoms with Crippen LogP contribution >= 0.6 is 0 Å². The Morgan fingerprint density at radius 1 is 1.07 bits per heavy atom. The fraction of sp³-hybridized carbons (Fsp3) is 0.190. The average Bonchev–Trinajstić information content (AvgIpc) is 2.74. The van der Waals surface area contributed by atoms with Gasteiger partial charge in [-0.1, -0.05) is 36.4 Å².